The molecular formula is C26H28Na2O10S2. The number of allylic oxidation sites excluding steroid dienone is 2. The van der Waals surface area contributed by atoms with Crippen molar-refractivity contribution in [2.45, 2.75) is 26.7 Å². The van der Waals surface area contributed by atoms with E-state index in [1.165, 1.54) is 12.2 Å². The number of hydrogen-bond acceptors (Lipinski definition) is 10. The Morgan fingerprint density at radius 3 is 1.35 bits per heavy atom. The molecule has 0 fully saturated rings. The number of esters is 2. The normalized spacial score (nSPS) is 10.8. The fourth-order valence-corrected chi connectivity index (χ4v) is 4.11. The topological polar surface area (TPSA) is 167 Å². The Kier molecular flexibility index (Phi) is 17.7. The van der Waals surface area contributed by atoms with Crippen LogP contribution in [-0.4, -0.2) is 62.6 Å². The average molecular weight is 611 g/mol. The maximum absolute atomic E-state index is 12.7. The van der Waals surface area contributed by atoms with Crippen LogP contribution in [0, 0.1) is 13.8 Å². The van der Waals surface area contributed by atoms with Gasteiger partial charge in [0.25, 0.3) is 0 Å². The van der Waals surface area contributed by atoms with Crippen LogP contribution in [0.1, 0.15) is 35.1 Å². The molecule has 2 aromatic rings. The Bertz CT molecular complexity index is 1300. The van der Waals surface area contributed by atoms with Gasteiger partial charge in [-0.25, -0.2) is 26.4 Å². The van der Waals surface area contributed by atoms with Gasteiger partial charge in [0, 0.05) is 11.5 Å². The van der Waals surface area contributed by atoms with Crippen LogP contribution in [0.3, 0.4) is 0 Å². The van der Waals surface area contributed by atoms with Crippen molar-refractivity contribution in [3.8, 4) is 0 Å². The number of ether oxygens (including phenoxy) is 2. The fraction of sp³-hybridized carbons (Fsp3) is 0.308. The van der Waals surface area contributed by atoms with E-state index in [2.05, 4.69) is 0 Å². The van der Waals surface area contributed by atoms with Gasteiger partial charge in [-0.05, 0) is 49.5 Å². The van der Waals surface area contributed by atoms with Crippen molar-refractivity contribution >= 4 is 37.7 Å². The summed E-state index contributed by atoms with van der Waals surface area (Å²) in [6.45, 7) is 2.98. The molecule has 0 aliphatic rings. The van der Waals surface area contributed by atoms with Gasteiger partial charge >= 0.3 is 71.1 Å². The molecule has 0 unspecified atom stereocenters. The molecule has 14 heteroatoms. The van der Waals surface area contributed by atoms with Gasteiger partial charge in [0.05, 0.1) is 33.5 Å². The van der Waals surface area contributed by atoms with Gasteiger partial charge < -0.3 is 18.6 Å². The molecule has 0 N–H and O–H groups in total. The van der Waals surface area contributed by atoms with Gasteiger partial charge in [-0.3, -0.25) is 0 Å². The van der Waals surface area contributed by atoms with Crippen molar-refractivity contribution in [3.05, 3.63) is 88.5 Å². The van der Waals surface area contributed by atoms with Gasteiger partial charge in [-0.15, -0.1) is 0 Å². The van der Waals surface area contributed by atoms with Crippen molar-refractivity contribution < 1.29 is 104 Å². The summed E-state index contributed by atoms with van der Waals surface area (Å²) >= 11 is 0. The minimum Gasteiger partial charge on any atom is -0.748 e. The fourth-order valence-electron chi connectivity index (χ4n) is 3.17. The largest absolute Gasteiger partial charge is 1.00 e. The standard InChI is InChI=1S/C26H30O10S2.2Na/c1-19-5-9-21(10-6-19)23(22-11-7-20(2)8-12-22)13-14-24(25(27)35-15-3-17-37(29,30)31)26(28)36-16-4-18-38(32,33)34;;/h5-14H,3-4,15-18H2,1-2H3,(H,29,30,31)(H,32,33,34);;/q;2*+1/p-2. The minimum atomic E-state index is -4.51. The van der Waals surface area contributed by atoms with E-state index in [-0.39, 0.29) is 72.0 Å². The molecule has 206 valence electrons. The van der Waals surface area contributed by atoms with E-state index in [1.54, 1.807) is 0 Å². The third-order valence-electron chi connectivity index (χ3n) is 5.13. The Labute approximate surface area is 279 Å². The second kappa shape index (κ2) is 18.3. The van der Waals surface area contributed by atoms with Crippen LogP contribution < -0.4 is 59.1 Å². The first kappa shape index (κ1) is 38.7. The third kappa shape index (κ3) is 15.1. The van der Waals surface area contributed by atoms with Gasteiger partial charge in [-0.1, -0.05) is 65.7 Å². The van der Waals surface area contributed by atoms with Crippen LogP contribution in [0.5, 0.6) is 0 Å². The molecule has 0 aliphatic heterocycles. The quantitative estimate of drug-likeness (QED) is 0.0326. The molecule has 0 atom stereocenters. The zero-order chi connectivity index (χ0) is 28.3. The van der Waals surface area contributed by atoms with Crippen LogP contribution in [0.2, 0.25) is 0 Å². The summed E-state index contributed by atoms with van der Waals surface area (Å²) in [5.41, 5.74) is 3.76. The minimum absolute atomic E-state index is 0. The van der Waals surface area contributed by atoms with Gasteiger partial charge in [0.2, 0.25) is 0 Å². The summed E-state index contributed by atoms with van der Waals surface area (Å²) < 4.78 is 74.6. The first-order valence-electron chi connectivity index (χ1n) is 11.5. The molecule has 0 aliphatic carbocycles. The number of rotatable bonds is 13. The summed E-state index contributed by atoms with van der Waals surface area (Å²) in [6.07, 6.45) is 2.18. The van der Waals surface area contributed by atoms with Gasteiger partial charge in [-0.2, -0.15) is 0 Å². The van der Waals surface area contributed by atoms with E-state index in [9.17, 15) is 35.5 Å². The molecule has 2 rings (SSSR count). The van der Waals surface area contributed by atoms with Crippen LogP contribution in [-0.2, 0) is 39.3 Å². The molecule has 0 heterocycles. The molecule has 0 aromatic heterocycles. The van der Waals surface area contributed by atoms with Crippen molar-refractivity contribution in [1.82, 2.24) is 0 Å². The molecule has 2 aromatic carbocycles. The van der Waals surface area contributed by atoms with E-state index in [0.717, 1.165) is 22.3 Å². The van der Waals surface area contributed by atoms with E-state index in [4.69, 9.17) is 9.47 Å². The zero-order valence-corrected chi connectivity index (χ0v) is 28.5. The first-order chi connectivity index (χ1) is 17.7. The maximum atomic E-state index is 12.7. The summed E-state index contributed by atoms with van der Waals surface area (Å²) in [5.74, 6) is -3.76. The summed E-state index contributed by atoms with van der Waals surface area (Å²) in [7, 11) is -9.01. The third-order valence-corrected chi connectivity index (χ3v) is 6.70. The monoisotopic (exact) mass is 610 g/mol. The SMILES string of the molecule is Cc1ccc(C(=CC=C(C(=O)OCCCS(=O)(=O)[O-])C(=O)OCCCS(=O)(=O)[O-])c2ccc(C)cc2)cc1.[Na+].[Na+]. The van der Waals surface area contributed by atoms with Crippen LogP contribution >= 0.6 is 0 Å². The Hall–Kier alpha value is -1.32. The number of aryl methyl sites for hydroxylation is 2. The number of carbonyl (C=O) groups is 2. The maximum Gasteiger partial charge on any atom is 1.00 e. The second-order valence-electron chi connectivity index (χ2n) is 8.40. The summed E-state index contributed by atoms with van der Waals surface area (Å²) in [5, 5.41) is 0. The predicted octanol–water partition coefficient (Wildman–Crippen LogP) is -3.37. The molecule has 0 bridgehead atoms. The molecule has 0 radical (unpaired) electrons. The number of benzene rings is 2. The molecule has 0 saturated heterocycles. The van der Waals surface area contributed by atoms with Crippen molar-refractivity contribution in [2.75, 3.05) is 24.7 Å². The Morgan fingerprint density at radius 2 is 1.02 bits per heavy atom. The molecule has 0 saturated carbocycles. The van der Waals surface area contributed by atoms with E-state index in [1.807, 2.05) is 62.4 Å². The number of carbonyl (C=O) groups excluding carboxylic acids is 2. The van der Waals surface area contributed by atoms with Crippen molar-refractivity contribution in [1.29, 1.82) is 0 Å². The molecular weight excluding hydrogens is 582 g/mol. The first-order valence-corrected chi connectivity index (χ1v) is 14.7. The summed E-state index contributed by atoms with van der Waals surface area (Å²) in [6, 6.07) is 15.1. The smallest absolute Gasteiger partial charge is 0.748 e. The van der Waals surface area contributed by atoms with E-state index < -0.39 is 62.5 Å². The van der Waals surface area contributed by atoms with Crippen LogP contribution in [0.25, 0.3) is 5.57 Å². The van der Waals surface area contributed by atoms with Gasteiger partial charge in [0.15, 0.2) is 0 Å². The van der Waals surface area contributed by atoms with E-state index >= 15 is 0 Å². The molecule has 10 nitrogen and oxygen atoms in total. The average Bonchev–Trinajstić information content (AvgIpc) is 2.82. The zero-order valence-electron chi connectivity index (χ0n) is 22.9. The molecule has 0 amide bonds. The van der Waals surface area contributed by atoms with Crippen LogP contribution in [0.15, 0.2) is 66.3 Å². The van der Waals surface area contributed by atoms with E-state index in [0.29, 0.717) is 5.57 Å². The predicted molar refractivity (Wildman–Crippen MR) is 138 cm³/mol. The Balaban J connectivity index is 0.00000760. The molecule has 40 heavy (non-hydrogen) atoms. The Morgan fingerprint density at radius 1 is 0.675 bits per heavy atom. The second-order valence-corrected chi connectivity index (χ2v) is 11.4. The molecule has 0 spiro atoms. The van der Waals surface area contributed by atoms with Crippen molar-refractivity contribution in [3.63, 3.8) is 0 Å². The number of hydrogen-bond donors (Lipinski definition) is 0. The van der Waals surface area contributed by atoms with Crippen LogP contribution in [0.4, 0.5) is 0 Å². The van der Waals surface area contributed by atoms with Gasteiger partial charge in [0.1, 0.15) is 5.57 Å². The van der Waals surface area contributed by atoms with Crippen molar-refractivity contribution in [2.24, 2.45) is 0 Å². The summed E-state index contributed by atoms with van der Waals surface area (Å²) in [4.78, 5) is 25.4.